The van der Waals surface area contributed by atoms with Crippen LogP contribution in [0.3, 0.4) is 0 Å². The van der Waals surface area contributed by atoms with Crippen LogP contribution < -0.4 is 9.47 Å². The molecule has 0 amide bonds. The van der Waals surface area contributed by atoms with Gasteiger partial charge in [-0.2, -0.15) is 5.10 Å². The molecule has 0 spiro atoms. The molecule has 5 rings (SSSR count). The summed E-state index contributed by atoms with van der Waals surface area (Å²) in [5.74, 6) is 0.386. The number of carboxylic acids is 1. The summed E-state index contributed by atoms with van der Waals surface area (Å²) >= 11 is 0. The minimum Gasteiger partial charge on any atom is -0.497 e. The Kier molecular flexibility index (Phi) is 7.18. The highest BCUT2D eigenvalue weighted by Gasteiger charge is 2.33. The first-order valence-electron chi connectivity index (χ1n) is 12.8. The predicted molar refractivity (Wildman–Crippen MR) is 143 cm³/mol. The lowest BCUT2D eigenvalue weighted by Crippen LogP contribution is -2.08. The Balaban J connectivity index is 1.50. The summed E-state index contributed by atoms with van der Waals surface area (Å²) < 4.78 is 28.1. The largest absolute Gasteiger partial charge is 0.497 e. The molecular formula is C31H31FN2O4. The smallest absolute Gasteiger partial charge is 0.303 e. The summed E-state index contributed by atoms with van der Waals surface area (Å²) in [5.41, 5.74) is 5.88. The van der Waals surface area contributed by atoms with Gasteiger partial charge < -0.3 is 14.6 Å². The van der Waals surface area contributed by atoms with Gasteiger partial charge in [-0.1, -0.05) is 29.3 Å². The fourth-order valence-electron chi connectivity index (χ4n) is 5.11. The van der Waals surface area contributed by atoms with Crippen molar-refractivity contribution in [2.75, 3.05) is 7.11 Å². The van der Waals surface area contributed by atoms with Crippen LogP contribution >= 0.6 is 0 Å². The van der Waals surface area contributed by atoms with E-state index in [4.69, 9.17) is 9.47 Å². The van der Waals surface area contributed by atoms with Crippen LogP contribution in [0.1, 0.15) is 47.4 Å². The Hall–Kier alpha value is -4.13. The van der Waals surface area contributed by atoms with Crippen molar-refractivity contribution in [1.29, 1.82) is 0 Å². The molecule has 0 unspecified atom stereocenters. The molecular weight excluding hydrogens is 483 g/mol. The molecule has 1 aliphatic rings. The summed E-state index contributed by atoms with van der Waals surface area (Å²) in [6, 6.07) is 18.5. The van der Waals surface area contributed by atoms with Crippen LogP contribution in [-0.4, -0.2) is 28.0 Å². The van der Waals surface area contributed by atoms with E-state index >= 15 is 0 Å². The van der Waals surface area contributed by atoms with E-state index in [1.807, 2.05) is 38.1 Å². The molecule has 196 valence electrons. The zero-order valence-electron chi connectivity index (χ0n) is 21.8. The predicted octanol–water partition coefficient (Wildman–Crippen LogP) is 6.85. The van der Waals surface area contributed by atoms with E-state index in [0.717, 1.165) is 46.4 Å². The number of aromatic nitrogens is 2. The minimum atomic E-state index is -0.788. The first-order chi connectivity index (χ1) is 18.3. The molecule has 1 aromatic heterocycles. The summed E-state index contributed by atoms with van der Waals surface area (Å²) in [5, 5.41) is 14.0. The van der Waals surface area contributed by atoms with E-state index in [0.29, 0.717) is 17.4 Å². The van der Waals surface area contributed by atoms with Gasteiger partial charge in [0.25, 0.3) is 0 Å². The van der Waals surface area contributed by atoms with Crippen LogP contribution in [0.25, 0.3) is 16.9 Å². The van der Waals surface area contributed by atoms with Gasteiger partial charge in [0, 0.05) is 17.2 Å². The number of halogens is 1. The summed E-state index contributed by atoms with van der Waals surface area (Å²) in [4.78, 5) is 11.4. The Morgan fingerprint density at radius 2 is 1.84 bits per heavy atom. The van der Waals surface area contributed by atoms with E-state index in [9.17, 15) is 14.3 Å². The molecule has 0 bridgehead atoms. The third kappa shape index (κ3) is 5.57. The van der Waals surface area contributed by atoms with Crippen molar-refractivity contribution in [2.24, 2.45) is 5.92 Å². The van der Waals surface area contributed by atoms with Crippen molar-refractivity contribution in [2.45, 2.75) is 45.6 Å². The molecule has 0 saturated heterocycles. The summed E-state index contributed by atoms with van der Waals surface area (Å²) in [6.07, 6.45) is 3.93. The Bertz CT molecular complexity index is 1450. The van der Waals surface area contributed by atoms with Crippen LogP contribution in [0.4, 0.5) is 4.39 Å². The van der Waals surface area contributed by atoms with Gasteiger partial charge in [0.1, 0.15) is 29.6 Å². The van der Waals surface area contributed by atoms with Crippen molar-refractivity contribution in [3.8, 4) is 28.4 Å². The van der Waals surface area contributed by atoms with Gasteiger partial charge in [-0.05, 0) is 80.5 Å². The molecule has 0 radical (unpaired) electrons. The number of carboxylic acid groups (broad SMARTS) is 1. The van der Waals surface area contributed by atoms with E-state index in [-0.39, 0.29) is 24.6 Å². The number of rotatable bonds is 10. The molecule has 0 aliphatic heterocycles. The van der Waals surface area contributed by atoms with E-state index < -0.39 is 11.8 Å². The molecule has 1 heterocycles. The number of methoxy groups -OCH3 is 1. The molecule has 4 aromatic rings. The highest BCUT2D eigenvalue weighted by molar-refractivity contribution is 5.69. The van der Waals surface area contributed by atoms with E-state index in [1.54, 1.807) is 30.1 Å². The van der Waals surface area contributed by atoms with E-state index in [1.165, 1.54) is 6.07 Å². The van der Waals surface area contributed by atoms with Gasteiger partial charge in [-0.25, -0.2) is 9.07 Å². The average Bonchev–Trinajstić information content (AvgIpc) is 3.64. The lowest BCUT2D eigenvalue weighted by Gasteiger charge is -2.16. The highest BCUT2D eigenvalue weighted by Crippen LogP contribution is 2.45. The van der Waals surface area contributed by atoms with E-state index in [2.05, 4.69) is 23.3 Å². The monoisotopic (exact) mass is 514 g/mol. The second kappa shape index (κ2) is 10.7. The number of hydrogen-bond acceptors (Lipinski definition) is 4. The van der Waals surface area contributed by atoms with Crippen molar-refractivity contribution in [3.63, 3.8) is 0 Å². The molecule has 6 nitrogen and oxygen atoms in total. The normalized spacial score (nSPS) is 13.8. The number of aryl methyl sites for hydroxylation is 2. The van der Waals surface area contributed by atoms with Gasteiger partial charge in [0.05, 0.1) is 25.4 Å². The third-order valence-electron chi connectivity index (χ3n) is 6.99. The highest BCUT2D eigenvalue weighted by atomic mass is 19.1. The molecule has 38 heavy (non-hydrogen) atoms. The van der Waals surface area contributed by atoms with Crippen LogP contribution in [0, 0.1) is 25.6 Å². The summed E-state index contributed by atoms with van der Waals surface area (Å²) in [7, 11) is 1.54. The van der Waals surface area contributed by atoms with Crippen LogP contribution in [-0.2, 0) is 11.4 Å². The number of ether oxygens (including phenoxy) is 2. The fraction of sp³-hybridized carbons (Fsp3) is 0.290. The molecule has 1 N–H and O–H groups in total. The summed E-state index contributed by atoms with van der Waals surface area (Å²) in [6.45, 7) is 4.27. The number of benzene rings is 3. The Morgan fingerprint density at radius 1 is 1.08 bits per heavy atom. The molecule has 7 heteroatoms. The maximum Gasteiger partial charge on any atom is 0.303 e. The van der Waals surface area contributed by atoms with Crippen molar-refractivity contribution in [1.82, 2.24) is 9.78 Å². The second-order valence-electron chi connectivity index (χ2n) is 10.0. The van der Waals surface area contributed by atoms with Gasteiger partial charge in [0.2, 0.25) is 0 Å². The third-order valence-corrected chi connectivity index (χ3v) is 6.99. The van der Waals surface area contributed by atoms with Crippen LogP contribution in [0.2, 0.25) is 0 Å². The fourth-order valence-corrected chi connectivity index (χ4v) is 5.11. The number of nitrogens with zero attached hydrogens (tertiary/aromatic N) is 2. The molecule has 3 aromatic carbocycles. The topological polar surface area (TPSA) is 73.6 Å². The first kappa shape index (κ1) is 25.5. The number of aliphatic carboxylic acids is 1. The van der Waals surface area contributed by atoms with Gasteiger partial charge in [-0.15, -0.1) is 0 Å². The van der Waals surface area contributed by atoms with Gasteiger partial charge in [0.15, 0.2) is 0 Å². The number of hydrogen-bond donors (Lipinski definition) is 1. The lowest BCUT2D eigenvalue weighted by atomic mass is 9.91. The maximum absolute atomic E-state index is 15.0. The Labute approximate surface area is 221 Å². The van der Waals surface area contributed by atoms with Gasteiger partial charge in [-0.3, -0.25) is 4.79 Å². The van der Waals surface area contributed by atoms with Crippen LogP contribution in [0.15, 0.2) is 66.9 Å². The lowest BCUT2D eigenvalue weighted by molar-refractivity contribution is -0.137. The molecule has 1 saturated carbocycles. The molecule has 1 fully saturated rings. The van der Waals surface area contributed by atoms with Crippen molar-refractivity contribution in [3.05, 3.63) is 94.9 Å². The van der Waals surface area contributed by atoms with Crippen molar-refractivity contribution < 1.29 is 23.8 Å². The SMILES string of the molecule is COc1ccc(F)c(-n2ncc(COc3cccc([C@@H](CC(=O)O)C4CC4)c3)c2-c2cc(C)cc(C)c2)c1. The first-order valence-corrected chi connectivity index (χ1v) is 12.8. The maximum atomic E-state index is 15.0. The van der Waals surface area contributed by atoms with Crippen molar-refractivity contribution >= 4 is 5.97 Å². The average molecular weight is 515 g/mol. The minimum absolute atomic E-state index is 0.0133. The second-order valence-corrected chi connectivity index (χ2v) is 10.0. The number of carbonyl (C=O) groups is 1. The van der Waals surface area contributed by atoms with Gasteiger partial charge >= 0.3 is 5.97 Å². The zero-order chi connectivity index (χ0) is 26.8. The Morgan fingerprint density at radius 3 is 2.53 bits per heavy atom. The quantitative estimate of drug-likeness (QED) is 0.251. The zero-order valence-corrected chi connectivity index (χ0v) is 21.8. The molecule has 1 aliphatic carbocycles. The molecule has 1 atom stereocenters. The standard InChI is InChI=1S/C31H31FN2O4/c1-19-11-20(2)13-23(12-19)31-24(17-33-34(31)29-15-25(37-3)9-10-28(29)32)18-38-26-6-4-5-22(14-26)27(16-30(35)36)21-7-8-21/h4-6,9-15,17,21,27H,7-8,16,18H2,1-3H3,(H,35,36)/t27-/m0/s1. The van der Waals surface area contributed by atoms with Crippen LogP contribution in [0.5, 0.6) is 11.5 Å².